The van der Waals surface area contributed by atoms with Gasteiger partial charge >= 0.3 is 0 Å². The molecule has 6 heteroatoms. The monoisotopic (exact) mass is 459 g/mol. The van der Waals surface area contributed by atoms with E-state index in [1.54, 1.807) is 6.92 Å². The number of nitrogens with one attached hydrogen (secondary N) is 1. The Morgan fingerprint density at radius 3 is 2.33 bits per heavy atom. The summed E-state index contributed by atoms with van der Waals surface area (Å²) in [5, 5.41) is 15.7. The fourth-order valence-electron chi connectivity index (χ4n) is 2.47. The molecule has 2 aromatic rings. The van der Waals surface area contributed by atoms with E-state index in [1.165, 1.54) is 22.5 Å². The Hall–Kier alpha value is -1.12. The number of aryl methyl sites for hydroxylation is 2. The van der Waals surface area contributed by atoms with Crippen LogP contribution in [0, 0.1) is 0 Å². The molecule has 0 spiro atoms. The number of thiophene rings is 1. The number of hydrogen-bond donors (Lipinski definition) is 3. The van der Waals surface area contributed by atoms with Gasteiger partial charge < -0.3 is 16.2 Å². The van der Waals surface area contributed by atoms with E-state index in [9.17, 15) is 5.11 Å². The lowest BCUT2D eigenvalue weighted by molar-refractivity contribution is 0.0713. The first-order valence-corrected chi connectivity index (χ1v) is 8.80. The Morgan fingerprint density at radius 1 is 1.21 bits per heavy atom. The van der Waals surface area contributed by atoms with E-state index in [0.29, 0.717) is 5.96 Å². The highest BCUT2D eigenvalue weighted by molar-refractivity contribution is 14.0. The van der Waals surface area contributed by atoms with Gasteiger partial charge in [0.25, 0.3) is 0 Å². The van der Waals surface area contributed by atoms with Crippen LogP contribution in [0.4, 0.5) is 5.69 Å². The third-order valence-electron chi connectivity index (χ3n) is 3.86. The van der Waals surface area contributed by atoms with E-state index < -0.39 is 5.60 Å². The van der Waals surface area contributed by atoms with Gasteiger partial charge in [0.15, 0.2) is 5.96 Å². The first kappa shape index (κ1) is 20.9. The maximum absolute atomic E-state index is 10.5. The lowest BCUT2D eigenvalue weighted by Gasteiger charge is -2.20. The normalized spacial score (nSPS) is 13.9. The number of nitrogens with two attached hydrogens (primary N) is 1. The summed E-state index contributed by atoms with van der Waals surface area (Å²) in [6.07, 6.45) is 1.85. The molecule has 0 aliphatic carbocycles. The minimum atomic E-state index is -1.00. The van der Waals surface area contributed by atoms with Gasteiger partial charge in [-0.3, -0.25) is 0 Å². The zero-order valence-electron chi connectivity index (χ0n) is 14.4. The predicted molar refractivity (Wildman–Crippen MR) is 115 cm³/mol. The fourth-order valence-corrected chi connectivity index (χ4v) is 3.25. The summed E-state index contributed by atoms with van der Waals surface area (Å²) >= 11 is 1.52. The van der Waals surface area contributed by atoms with Gasteiger partial charge in [-0.15, -0.1) is 35.3 Å². The van der Waals surface area contributed by atoms with Crippen molar-refractivity contribution in [2.24, 2.45) is 10.7 Å². The molecule has 0 bridgehead atoms. The number of anilines is 1. The van der Waals surface area contributed by atoms with Crippen molar-refractivity contribution in [2.45, 2.75) is 39.2 Å². The molecular weight excluding hydrogens is 433 g/mol. The van der Waals surface area contributed by atoms with Crippen molar-refractivity contribution in [3.63, 3.8) is 0 Å². The van der Waals surface area contributed by atoms with Crippen molar-refractivity contribution >= 4 is 47.0 Å². The predicted octanol–water partition coefficient (Wildman–Crippen LogP) is 4.13. The van der Waals surface area contributed by atoms with Gasteiger partial charge in [-0.2, -0.15) is 0 Å². The molecule has 1 aromatic carbocycles. The molecule has 0 amide bonds. The minimum Gasteiger partial charge on any atom is -0.383 e. The van der Waals surface area contributed by atoms with Crippen LogP contribution in [0.2, 0.25) is 0 Å². The molecule has 0 aliphatic rings. The Balaban J connectivity index is 0.00000288. The molecule has 132 valence electrons. The molecule has 1 atom stereocenters. The third kappa shape index (κ3) is 5.19. The molecule has 2 rings (SSSR count). The summed E-state index contributed by atoms with van der Waals surface area (Å²) in [6.45, 7) is 6.22. The summed E-state index contributed by atoms with van der Waals surface area (Å²) in [7, 11) is 0. The first-order chi connectivity index (χ1) is 11.0. The number of guanidine groups is 1. The van der Waals surface area contributed by atoms with E-state index in [2.05, 4.69) is 42.4 Å². The zero-order chi connectivity index (χ0) is 16.9. The van der Waals surface area contributed by atoms with Crippen molar-refractivity contribution in [1.29, 1.82) is 0 Å². The molecule has 0 radical (unpaired) electrons. The number of aliphatic imine (C=N–C) groups is 1. The van der Waals surface area contributed by atoms with Gasteiger partial charge in [0, 0.05) is 10.6 Å². The number of hydrogen-bond acceptors (Lipinski definition) is 3. The lowest BCUT2D eigenvalue weighted by atomic mass is 10.0. The smallest absolute Gasteiger partial charge is 0.193 e. The molecule has 0 saturated heterocycles. The van der Waals surface area contributed by atoms with Crippen LogP contribution < -0.4 is 11.1 Å². The molecular formula is C18H26IN3OS. The number of halogens is 1. The Morgan fingerprint density at radius 2 is 1.83 bits per heavy atom. The van der Waals surface area contributed by atoms with Gasteiger partial charge in [0.2, 0.25) is 0 Å². The quantitative estimate of drug-likeness (QED) is 0.346. The van der Waals surface area contributed by atoms with Gasteiger partial charge in [-0.05, 0) is 42.3 Å². The molecule has 24 heavy (non-hydrogen) atoms. The van der Waals surface area contributed by atoms with Crippen LogP contribution in [-0.2, 0) is 18.4 Å². The van der Waals surface area contributed by atoms with Crippen LogP contribution in [0.5, 0.6) is 0 Å². The summed E-state index contributed by atoms with van der Waals surface area (Å²) in [4.78, 5) is 5.22. The van der Waals surface area contributed by atoms with Crippen LogP contribution in [-0.4, -0.2) is 17.6 Å². The zero-order valence-corrected chi connectivity index (χ0v) is 17.5. The number of aliphatic hydroxyl groups is 1. The highest BCUT2D eigenvalue weighted by atomic mass is 127. The van der Waals surface area contributed by atoms with Gasteiger partial charge in [-0.25, -0.2) is 4.99 Å². The second kappa shape index (κ2) is 9.39. The second-order valence-corrected chi connectivity index (χ2v) is 6.68. The molecule has 1 aromatic heterocycles. The third-order valence-corrected chi connectivity index (χ3v) is 4.98. The average Bonchev–Trinajstić information content (AvgIpc) is 3.08. The minimum absolute atomic E-state index is 0. The SMILES string of the molecule is CCc1cccc(CC)c1NC(N)=NCC(C)(O)c1cccs1.I. The number of nitrogens with zero attached hydrogens (tertiary/aromatic N) is 1. The summed E-state index contributed by atoms with van der Waals surface area (Å²) in [6, 6.07) is 10.1. The van der Waals surface area contributed by atoms with E-state index >= 15 is 0 Å². The summed E-state index contributed by atoms with van der Waals surface area (Å²) < 4.78 is 0. The van der Waals surface area contributed by atoms with Gasteiger partial charge in [0.05, 0.1) is 6.54 Å². The number of benzene rings is 1. The fraction of sp³-hybridized carbons (Fsp3) is 0.389. The topological polar surface area (TPSA) is 70.6 Å². The summed E-state index contributed by atoms with van der Waals surface area (Å²) in [5.41, 5.74) is 8.51. The molecule has 0 saturated carbocycles. The van der Waals surface area contributed by atoms with Crippen LogP contribution >= 0.6 is 35.3 Å². The Kier molecular flexibility index (Phi) is 8.18. The molecule has 4 nitrogen and oxygen atoms in total. The lowest BCUT2D eigenvalue weighted by Crippen LogP contribution is -2.29. The van der Waals surface area contributed by atoms with E-state index in [4.69, 9.17) is 5.73 Å². The van der Waals surface area contributed by atoms with Crippen molar-refractivity contribution < 1.29 is 5.11 Å². The number of para-hydroxylation sites is 1. The Bertz CT molecular complexity index is 647. The maximum atomic E-state index is 10.5. The van der Waals surface area contributed by atoms with Gasteiger partial charge in [-0.1, -0.05) is 38.1 Å². The number of rotatable bonds is 6. The van der Waals surface area contributed by atoms with Crippen LogP contribution in [0.1, 0.15) is 36.8 Å². The van der Waals surface area contributed by atoms with Crippen LogP contribution in [0.3, 0.4) is 0 Å². The maximum Gasteiger partial charge on any atom is 0.193 e. The van der Waals surface area contributed by atoms with Crippen molar-refractivity contribution in [1.82, 2.24) is 0 Å². The second-order valence-electron chi connectivity index (χ2n) is 5.74. The van der Waals surface area contributed by atoms with E-state index in [-0.39, 0.29) is 30.5 Å². The van der Waals surface area contributed by atoms with E-state index in [0.717, 1.165) is 23.4 Å². The van der Waals surface area contributed by atoms with Crippen molar-refractivity contribution in [2.75, 3.05) is 11.9 Å². The van der Waals surface area contributed by atoms with Crippen molar-refractivity contribution in [3.8, 4) is 0 Å². The molecule has 1 heterocycles. The standard InChI is InChI=1S/C18H25N3OS.HI/c1-4-13-8-6-9-14(5-2)16(13)21-17(19)20-12-18(3,22)15-10-7-11-23-15;/h6-11,22H,4-5,12H2,1-3H3,(H3,19,20,21);1H. The highest BCUT2D eigenvalue weighted by Crippen LogP contribution is 2.26. The van der Waals surface area contributed by atoms with E-state index in [1.807, 2.05) is 17.5 Å². The highest BCUT2D eigenvalue weighted by Gasteiger charge is 2.23. The largest absolute Gasteiger partial charge is 0.383 e. The molecule has 0 fully saturated rings. The first-order valence-electron chi connectivity index (χ1n) is 7.92. The summed E-state index contributed by atoms with van der Waals surface area (Å²) in [5.74, 6) is 0.331. The van der Waals surface area contributed by atoms with Crippen molar-refractivity contribution in [3.05, 3.63) is 51.7 Å². The van der Waals surface area contributed by atoms with Crippen LogP contribution in [0.15, 0.2) is 40.7 Å². The molecule has 4 N–H and O–H groups in total. The van der Waals surface area contributed by atoms with Gasteiger partial charge in [0.1, 0.15) is 5.60 Å². The molecule has 0 aliphatic heterocycles. The average molecular weight is 459 g/mol. The molecule has 1 unspecified atom stereocenters. The Labute approximate surface area is 165 Å². The van der Waals surface area contributed by atoms with Crippen LogP contribution in [0.25, 0.3) is 0 Å².